The molecule has 10 heteroatoms. The van der Waals surface area contributed by atoms with Crippen molar-refractivity contribution in [3.05, 3.63) is 12.2 Å². The van der Waals surface area contributed by atoms with Gasteiger partial charge >= 0.3 is 19.8 Å². The fourth-order valence-corrected chi connectivity index (χ4v) is 10.8. The number of unbranched alkanes of at least 4 members (excludes halogenated alkanes) is 48. The molecule has 440 valence electrons. The Hall–Kier alpha value is -1.25. The number of allylic oxidation sites excluding steroid dienone is 2. The lowest BCUT2D eigenvalue weighted by Gasteiger charge is -2.19. The number of rotatable bonds is 63. The molecule has 0 aliphatic rings. The maximum absolute atomic E-state index is 12.7. The van der Waals surface area contributed by atoms with Crippen molar-refractivity contribution in [3.63, 3.8) is 0 Å². The van der Waals surface area contributed by atoms with E-state index in [9.17, 15) is 19.0 Å². The van der Waals surface area contributed by atoms with E-state index < -0.39 is 26.5 Å². The first-order chi connectivity index (χ1) is 36.3. The number of nitrogens with two attached hydrogens (primary N) is 1. The number of hydrogen-bond donors (Lipinski definition) is 2. The van der Waals surface area contributed by atoms with E-state index in [1.165, 1.54) is 289 Å². The molecule has 0 rings (SSSR count). The molecule has 0 saturated carbocycles. The smallest absolute Gasteiger partial charge is 0.462 e. The highest BCUT2D eigenvalue weighted by Crippen LogP contribution is 2.43. The normalized spacial score (nSPS) is 13.0. The van der Waals surface area contributed by atoms with Crippen LogP contribution in [0.25, 0.3) is 0 Å². The average molecular weight is 1070 g/mol. The molecule has 0 aliphatic heterocycles. The Balaban J connectivity index is 3.66. The Bertz CT molecular complexity index is 1220. The van der Waals surface area contributed by atoms with Crippen LogP contribution in [-0.4, -0.2) is 49.3 Å². The molecule has 2 atom stereocenters. The van der Waals surface area contributed by atoms with E-state index in [1.807, 2.05) is 0 Å². The van der Waals surface area contributed by atoms with Crippen LogP contribution in [0.15, 0.2) is 12.2 Å². The zero-order valence-electron chi connectivity index (χ0n) is 49.4. The first kappa shape index (κ1) is 72.8. The number of phosphoric acid groups is 1. The van der Waals surface area contributed by atoms with Crippen molar-refractivity contribution < 1.29 is 37.6 Å². The molecule has 0 aromatic carbocycles. The van der Waals surface area contributed by atoms with E-state index in [4.69, 9.17) is 24.3 Å². The van der Waals surface area contributed by atoms with Crippen LogP contribution in [0, 0.1) is 0 Å². The van der Waals surface area contributed by atoms with Gasteiger partial charge in [-0.05, 0) is 38.5 Å². The third-order valence-corrected chi connectivity index (χ3v) is 15.9. The van der Waals surface area contributed by atoms with Crippen LogP contribution in [-0.2, 0) is 32.7 Å². The number of ether oxygens (including phenoxy) is 2. The van der Waals surface area contributed by atoms with Gasteiger partial charge in [0.25, 0.3) is 0 Å². The van der Waals surface area contributed by atoms with Crippen molar-refractivity contribution in [1.29, 1.82) is 0 Å². The van der Waals surface area contributed by atoms with Gasteiger partial charge in [0, 0.05) is 19.4 Å². The molecule has 2 unspecified atom stereocenters. The van der Waals surface area contributed by atoms with E-state index in [0.29, 0.717) is 6.42 Å². The second kappa shape index (κ2) is 61.0. The van der Waals surface area contributed by atoms with Crippen molar-refractivity contribution in [3.8, 4) is 0 Å². The molecule has 9 nitrogen and oxygen atoms in total. The van der Waals surface area contributed by atoms with Crippen molar-refractivity contribution in [1.82, 2.24) is 0 Å². The predicted octanol–water partition coefficient (Wildman–Crippen LogP) is 20.8. The Labute approximate surface area is 460 Å². The van der Waals surface area contributed by atoms with E-state index in [1.54, 1.807) is 0 Å². The molecule has 0 bridgehead atoms. The van der Waals surface area contributed by atoms with Crippen molar-refractivity contribution in [2.75, 3.05) is 26.4 Å². The Kier molecular flexibility index (Phi) is 59.9. The minimum absolute atomic E-state index is 0.0578. The first-order valence-corrected chi connectivity index (χ1v) is 34.2. The van der Waals surface area contributed by atoms with Crippen LogP contribution in [0.4, 0.5) is 0 Å². The molecule has 0 aromatic heterocycles. The molecule has 0 amide bonds. The number of carbonyl (C=O) groups is 2. The summed E-state index contributed by atoms with van der Waals surface area (Å²) in [6.07, 6.45) is 71.9. The predicted molar refractivity (Wildman–Crippen MR) is 317 cm³/mol. The summed E-state index contributed by atoms with van der Waals surface area (Å²) in [5.74, 6) is -0.807. The highest BCUT2D eigenvalue weighted by Gasteiger charge is 2.26. The van der Waals surface area contributed by atoms with Crippen LogP contribution in [0.5, 0.6) is 0 Å². The largest absolute Gasteiger partial charge is 0.472 e. The van der Waals surface area contributed by atoms with Crippen molar-refractivity contribution >= 4 is 19.8 Å². The first-order valence-electron chi connectivity index (χ1n) is 32.7. The summed E-state index contributed by atoms with van der Waals surface area (Å²) < 4.78 is 33.0. The molecule has 0 radical (unpaired) electrons. The molecular formula is C64H126NO8P. The van der Waals surface area contributed by atoms with Crippen LogP contribution >= 0.6 is 7.82 Å². The summed E-state index contributed by atoms with van der Waals surface area (Å²) in [7, 11) is -4.38. The minimum atomic E-state index is -4.38. The molecule has 0 aromatic rings. The fourth-order valence-electron chi connectivity index (χ4n) is 10.0. The fraction of sp³-hybridized carbons (Fsp3) is 0.938. The summed E-state index contributed by atoms with van der Waals surface area (Å²) in [6, 6.07) is 0. The summed E-state index contributed by atoms with van der Waals surface area (Å²) in [4.78, 5) is 35.1. The Morgan fingerprint density at radius 1 is 0.392 bits per heavy atom. The van der Waals surface area contributed by atoms with E-state index in [0.717, 1.165) is 32.1 Å². The van der Waals surface area contributed by atoms with Gasteiger partial charge in [0.05, 0.1) is 13.2 Å². The van der Waals surface area contributed by atoms with Crippen molar-refractivity contribution in [2.45, 2.75) is 360 Å². The zero-order valence-corrected chi connectivity index (χ0v) is 50.3. The average Bonchev–Trinajstić information content (AvgIpc) is 3.39. The minimum Gasteiger partial charge on any atom is -0.462 e. The summed E-state index contributed by atoms with van der Waals surface area (Å²) in [5.41, 5.74) is 5.38. The number of phosphoric ester groups is 1. The SMILES string of the molecule is CCCCCCCCCC/C=C\CCCCCCCCCCCCCCCCCCCCCCCCCCCCCCCC(=O)OC(COC(=O)CCCCCCCCCCCCCC)COP(=O)(O)OCCN. The lowest BCUT2D eigenvalue weighted by molar-refractivity contribution is -0.161. The highest BCUT2D eigenvalue weighted by molar-refractivity contribution is 7.47. The van der Waals surface area contributed by atoms with E-state index in [2.05, 4.69) is 26.0 Å². The molecule has 0 heterocycles. The van der Waals surface area contributed by atoms with Gasteiger partial charge in [-0.25, -0.2) is 4.57 Å². The van der Waals surface area contributed by atoms with Crippen LogP contribution in [0.1, 0.15) is 354 Å². The van der Waals surface area contributed by atoms with E-state index in [-0.39, 0.29) is 38.6 Å². The third-order valence-electron chi connectivity index (χ3n) is 14.9. The molecule has 0 fully saturated rings. The summed E-state index contributed by atoms with van der Waals surface area (Å²) in [5, 5.41) is 0. The van der Waals surface area contributed by atoms with Crippen molar-refractivity contribution in [2.24, 2.45) is 5.73 Å². The van der Waals surface area contributed by atoms with Gasteiger partial charge in [-0.2, -0.15) is 0 Å². The van der Waals surface area contributed by atoms with Gasteiger partial charge in [-0.3, -0.25) is 18.6 Å². The quantitative estimate of drug-likeness (QED) is 0.0264. The molecule has 0 spiro atoms. The second-order valence-corrected chi connectivity index (χ2v) is 23.8. The lowest BCUT2D eigenvalue weighted by Crippen LogP contribution is -2.29. The number of esters is 2. The van der Waals surface area contributed by atoms with Gasteiger partial charge in [-0.15, -0.1) is 0 Å². The number of hydrogen-bond acceptors (Lipinski definition) is 8. The van der Waals surface area contributed by atoms with Gasteiger partial charge in [-0.1, -0.05) is 315 Å². The standard InChI is InChI=1S/C64H126NO8P/c1-3-5-7-9-11-13-15-17-18-19-20-21-22-23-24-25-26-27-28-29-30-31-32-33-34-35-36-37-38-39-40-41-42-43-44-45-47-49-51-53-55-57-64(67)73-62(61-72-74(68,69)71-59-58-65)60-70-63(66)56-54-52-50-48-46-16-14-12-10-8-6-4-2/h19-20,62H,3-18,21-61,65H2,1-2H3,(H,68,69)/b20-19-. The van der Waals surface area contributed by atoms with E-state index >= 15 is 0 Å². The third kappa shape index (κ3) is 60.0. The number of carbonyl (C=O) groups excluding carboxylic acids is 2. The monoisotopic (exact) mass is 1070 g/mol. The maximum Gasteiger partial charge on any atom is 0.472 e. The summed E-state index contributed by atoms with van der Waals surface area (Å²) >= 11 is 0. The molecule has 0 aliphatic carbocycles. The summed E-state index contributed by atoms with van der Waals surface area (Å²) in [6.45, 7) is 3.79. The van der Waals surface area contributed by atoms with Crippen LogP contribution in [0.2, 0.25) is 0 Å². The maximum atomic E-state index is 12.7. The Morgan fingerprint density at radius 2 is 0.662 bits per heavy atom. The molecule has 3 N–H and O–H groups in total. The Morgan fingerprint density at radius 3 is 0.959 bits per heavy atom. The van der Waals surface area contributed by atoms with Crippen LogP contribution < -0.4 is 5.73 Å². The lowest BCUT2D eigenvalue weighted by atomic mass is 10.0. The van der Waals surface area contributed by atoms with Gasteiger partial charge in [0.15, 0.2) is 6.10 Å². The molecular weight excluding hydrogens is 942 g/mol. The molecule has 0 saturated heterocycles. The van der Waals surface area contributed by atoms with Crippen LogP contribution in [0.3, 0.4) is 0 Å². The van der Waals surface area contributed by atoms with Gasteiger partial charge in [0.2, 0.25) is 0 Å². The van der Waals surface area contributed by atoms with Gasteiger partial charge in [0.1, 0.15) is 6.61 Å². The highest BCUT2D eigenvalue weighted by atomic mass is 31.2. The molecule has 74 heavy (non-hydrogen) atoms. The van der Waals surface area contributed by atoms with Gasteiger partial charge < -0.3 is 20.1 Å². The second-order valence-electron chi connectivity index (χ2n) is 22.3. The topological polar surface area (TPSA) is 134 Å². The zero-order chi connectivity index (χ0) is 53.8.